The van der Waals surface area contributed by atoms with Crippen LogP contribution in [-0.2, 0) is 13.0 Å². The molecule has 0 saturated heterocycles. The van der Waals surface area contributed by atoms with Crippen LogP contribution >= 0.6 is 0 Å². The van der Waals surface area contributed by atoms with Gasteiger partial charge < -0.3 is 10.5 Å². The highest BCUT2D eigenvalue weighted by Gasteiger charge is 2.16. The highest BCUT2D eigenvalue weighted by Crippen LogP contribution is 2.33. The van der Waals surface area contributed by atoms with Crippen molar-refractivity contribution in [3.8, 4) is 22.9 Å². The van der Waals surface area contributed by atoms with Crippen molar-refractivity contribution >= 4 is 5.82 Å². The minimum absolute atomic E-state index is 0.278. The number of nitrogens with zero attached hydrogens (tertiary/aromatic N) is 2. The van der Waals surface area contributed by atoms with Crippen molar-refractivity contribution < 1.29 is 4.74 Å². The summed E-state index contributed by atoms with van der Waals surface area (Å²) in [5.41, 5.74) is 11.2. The molecule has 0 aliphatic carbocycles. The number of aryl methyl sites for hydroxylation is 1. The van der Waals surface area contributed by atoms with E-state index < -0.39 is 0 Å². The lowest BCUT2D eigenvalue weighted by Crippen LogP contribution is -2.05. The Balaban J connectivity index is 1.98. The smallest absolute Gasteiger partial charge is 0.142 e. The van der Waals surface area contributed by atoms with E-state index in [0.717, 1.165) is 40.1 Å². The molecule has 1 heterocycles. The monoisotopic (exact) mass is 343 g/mol. The first-order valence-electron chi connectivity index (χ1n) is 8.60. The van der Waals surface area contributed by atoms with Crippen LogP contribution in [0.4, 0.5) is 5.82 Å². The second kappa shape index (κ2) is 7.71. The van der Waals surface area contributed by atoms with Gasteiger partial charge in [0.15, 0.2) is 0 Å². The van der Waals surface area contributed by atoms with Crippen LogP contribution in [0.3, 0.4) is 0 Å². The average Bonchev–Trinajstić information content (AvgIpc) is 2.68. The lowest BCUT2D eigenvalue weighted by atomic mass is 9.94. The van der Waals surface area contributed by atoms with Gasteiger partial charge in [0.25, 0.3) is 0 Å². The molecule has 4 nitrogen and oxygen atoms in total. The van der Waals surface area contributed by atoms with Gasteiger partial charge in [-0.05, 0) is 42.2 Å². The van der Waals surface area contributed by atoms with E-state index in [4.69, 9.17) is 10.5 Å². The van der Waals surface area contributed by atoms with Crippen LogP contribution in [0.1, 0.15) is 29.3 Å². The molecule has 0 saturated carbocycles. The Hall–Kier alpha value is -3.32. The van der Waals surface area contributed by atoms with E-state index in [1.54, 1.807) is 0 Å². The van der Waals surface area contributed by atoms with Gasteiger partial charge in [0.2, 0.25) is 0 Å². The zero-order valence-corrected chi connectivity index (χ0v) is 15.0. The van der Waals surface area contributed by atoms with Gasteiger partial charge in [-0.2, -0.15) is 5.26 Å². The van der Waals surface area contributed by atoms with Crippen molar-refractivity contribution in [3.05, 3.63) is 77.0 Å². The summed E-state index contributed by atoms with van der Waals surface area (Å²) in [6, 6.07) is 20.0. The lowest BCUT2D eigenvalue weighted by molar-refractivity contribution is 0.306. The molecule has 0 bridgehead atoms. The molecule has 26 heavy (non-hydrogen) atoms. The van der Waals surface area contributed by atoms with Crippen LogP contribution in [0, 0.1) is 18.3 Å². The van der Waals surface area contributed by atoms with Gasteiger partial charge in [0, 0.05) is 11.3 Å². The van der Waals surface area contributed by atoms with E-state index in [1.807, 2.05) is 68.4 Å². The standard InChI is InChI=1S/C22H21N3O/c1-3-20-15(2)21(19(13-23)22(24)25-20)17-10-7-11-18(12-17)26-14-16-8-5-4-6-9-16/h4-12H,3,14H2,1-2H3,(H2,24,25). The summed E-state index contributed by atoms with van der Waals surface area (Å²) in [7, 11) is 0. The summed E-state index contributed by atoms with van der Waals surface area (Å²) in [5.74, 6) is 1.03. The third kappa shape index (κ3) is 3.52. The first kappa shape index (κ1) is 17.5. The fourth-order valence-corrected chi connectivity index (χ4v) is 3.05. The third-order valence-corrected chi connectivity index (χ3v) is 4.39. The molecule has 3 aromatic rings. The Kier molecular flexibility index (Phi) is 5.19. The van der Waals surface area contributed by atoms with Crippen molar-refractivity contribution in [1.29, 1.82) is 5.26 Å². The number of nitriles is 1. The number of nitrogen functional groups attached to an aromatic ring is 1. The minimum Gasteiger partial charge on any atom is -0.489 e. The van der Waals surface area contributed by atoms with Crippen molar-refractivity contribution in [1.82, 2.24) is 4.98 Å². The molecule has 1 aromatic heterocycles. The maximum absolute atomic E-state index is 9.57. The van der Waals surface area contributed by atoms with E-state index in [9.17, 15) is 5.26 Å². The topological polar surface area (TPSA) is 71.9 Å². The number of pyridine rings is 1. The van der Waals surface area contributed by atoms with Crippen LogP contribution in [0.5, 0.6) is 5.75 Å². The summed E-state index contributed by atoms with van der Waals surface area (Å²) in [6.07, 6.45) is 0.763. The van der Waals surface area contributed by atoms with E-state index in [2.05, 4.69) is 11.1 Å². The van der Waals surface area contributed by atoms with Gasteiger partial charge >= 0.3 is 0 Å². The molecule has 0 unspecified atom stereocenters. The minimum atomic E-state index is 0.278. The van der Waals surface area contributed by atoms with Crippen LogP contribution in [0.25, 0.3) is 11.1 Å². The van der Waals surface area contributed by atoms with E-state index >= 15 is 0 Å². The summed E-state index contributed by atoms with van der Waals surface area (Å²) in [5, 5.41) is 9.57. The number of ether oxygens (including phenoxy) is 1. The van der Waals surface area contributed by atoms with Crippen molar-refractivity contribution in [2.24, 2.45) is 0 Å². The Labute approximate surface area is 153 Å². The van der Waals surface area contributed by atoms with Crippen LogP contribution in [-0.4, -0.2) is 4.98 Å². The Bertz CT molecular complexity index is 958. The fraction of sp³-hybridized carbons (Fsp3) is 0.182. The average molecular weight is 343 g/mol. The summed E-state index contributed by atoms with van der Waals surface area (Å²) >= 11 is 0. The number of hydrogen-bond acceptors (Lipinski definition) is 4. The van der Waals surface area contributed by atoms with Gasteiger partial charge in [-0.15, -0.1) is 0 Å². The molecule has 0 aliphatic heterocycles. The predicted octanol–water partition coefficient (Wildman–Crippen LogP) is 4.65. The highest BCUT2D eigenvalue weighted by molar-refractivity contribution is 5.79. The van der Waals surface area contributed by atoms with Crippen LogP contribution in [0.2, 0.25) is 0 Å². The molecule has 2 aromatic carbocycles. The van der Waals surface area contributed by atoms with Gasteiger partial charge in [0.1, 0.15) is 29.8 Å². The summed E-state index contributed by atoms with van der Waals surface area (Å²) < 4.78 is 5.92. The zero-order valence-electron chi connectivity index (χ0n) is 15.0. The molecular formula is C22H21N3O. The largest absolute Gasteiger partial charge is 0.489 e. The van der Waals surface area contributed by atoms with Crippen LogP contribution in [0.15, 0.2) is 54.6 Å². The van der Waals surface area contributed by atoms with Crippen molar-refractivity contribution in [2.45, 2.75) is 26.9 Å². The summed E-state index contributed by atoms with van der Waals surface area (Å²) in [6.45, 7) is 4.51. The van der Waals surface area contributed by atoms with Crippen LogP contribution < -0.4 is 10.5 Å². The molecule has 0 amide bonds. The number of anilines is 1. The van der Waals surface area contributed by atoms with Gasteiger partial charge in [-0.3, -0.25) is 0 Å². The molecule has 130 valence electrons. The SMILES string of the molecule is CCc1nc(N)c(C#N)c(-c2cccc(OCc3ccccc3)c2)c1C. The van der Waals surface area contributed by atoms with Crippen molar-refractivity contribution in [3.63, 3.8) is 0 Å². The second-order valence-electron chi connectivity index (χ2n) is 6.09. The number of rotatable bonds is 5. The molecule has 0 radical (unpaired) electrons. The molecule has 2 N–H and O–H groups in total. The predicted molar refractivity (Wildman–Crippen MR) is 104 cm³/mol. The maximum Gasteiger partial charge on any atom is 0.142 e. The Morgan fingerprint density at radius 1 is 1.12 bits per heavy atom. The number of benzene rings is 2. The fourth-order valence-electron chi connectivity index (χ4n) is 3.05. The molecule has 3 rings (SSSR count). The third-order valence-electron chi connectivity index (χ3n) is 4.39. The van der Waals surface area contributed by atoms with Gasteiger partial charge in [-0.25, -0.2) is 4.98 Å². The molecular weight excluding hydrogens is 322 g/mol. The maximum atomic E-state index is 9.57. The molecule has 4 heteroatoms. The Morgan fingerprint density at radius 2 is 1.88 bits per heavy atom. The van der Waals surface area contributed by atoms with E-state index in [-0.39, 0.29) is 5.82 Å². The van der Waals surface area contributed by atoms with Gasteiger partial charge in [0.05, 0.1) is 0 Å². The molecule has 0 spiro atoms. The molecule has 0 aliphatic rings. The van der Waals surface area contributed by atoms with Gasteiger partial charge in [-0.1, -0.05) is 49.4 Å². The number of hydrogen-bond donors (Lipinski definition) is 1. The van der Waals surface area contributed by atoms with Crippen molar-refractivity contribution in [2.75, 3.05) is 5.73 Å². The molecule has 0 atom stereocenters. The summed E-state index contributed by atoms with van der Waals surface area (Å²) in [4.78, 5) is 4.37. The highest BCUT2D eigenvalue weighted by atomic mass is 16.5. The lowest BCUT2D eigenvalue weighted by Gasteiger charge is -2.15. The number of nitrogens with two attached hydrogens (primary N) is 1. The quantitative estimate of drug-likeness (QED) is 0.732. The zero-order chi connectivity index (χ0) is 18.5. The first-order valence-corrected chi connectivity index (χ1v) is 8.60. The second-order valence-corrected chi connectivity index (χ2v) is 6.09. The number of aromatic nitrogens is 1. The Morgan fingerprint density at radius 3 is 2.58 bits per heavy atom. The normalized spacial score (nSPS) is 10.3. The molecule has 0 fully saturated rings. The van der Waals surface area contributed by atoms with E-state index in [1.165, 1.54) is 0 Å². The van der Waals surface area contributed by atoms with E-state index in [0.29, 0.717) is 12.2 Å². The first-order chi connectivity index (χ1) is 12.6.